The number of amides is 1. The summed E-state index contributed by atoms with van der Waals surface area (Å²) in [5, 5.41) is 8.08. The van der Waals surface area contributed by atoms with Crippen LogP contribution in [0.3, 0.4) is 0 Å². The number of aromatic nitrogens is 4. The molecule has 0 saturated carbocycles. The molecular formula is C9H11N5OS. The second-order valence-electron chi connectivity index (χ2n) is 3.19. The zero-order valence-electron chi connectivity index (χ0n) is 8.51. The quantitative estimate of drug-likeness (QED) is 0.747. The fraction of sp³-hybridized carbons (Fsp3) is 0.333. The minimum atomic E-state index is -0.173. The van der Waals surface area contributed by atoms with Crippen LogP contribution in [0, 0.1) is 0 Å². The third kappa shape index (κ3) is 2.86. The molecule has 0 aliphatic carbocycles. The zero-order valence-corrected chi connectivity index (χ0v) is 9.33. The predicted octanol–water partition coefficient (Wildman–Crippen LogP) is 0.624. The monoisotopic (exact) mass is 237 g/mol. The van der Waals surface area contributed by atoms with Crippen LogP contribution >= 0.6 is 11.5 Å². The van der Waals surface area contributed by atoms with Gasteiger partial charge < -0.3 is 10.3 Å². The van der Waals surface area contributed by atoms with Crippen molar-refractivity contribution in [2.45, 2.75) is 12.8 Å². The van der Waals surface area contributed by atoms with E-state index in [-0.39, 0.29) is 5.91 Å². The van der Waals surface area contributed by atoms with Crippen LogP contribution < -0.4 is 5.32 Å². The van der Waals surface area contributed by atoms with Crippen molar-refractivity contribution in [3.63, 3.8) is 0 Å². The number of H-pyrrole nitrogens is 1. The fourth-order valence-corrected chi connectivity index (χ4v) is 1.68. The lowest BCUT2D eigenvalue weighted by Gasteiger charge is -2.01. The number of hydrogen-bond donors (Lipinski definition) is 2. The summed E-state index contributed by atoms with van der Waals surface area (Å²) in [7, 11) is 0. The molecule has 7 heteroatoms. The van der Waals surface area contributed by atoms with E-state index < -0.39 is 0 Å². The second-order valence-corrected chi connectivity index (χ2v) is 3.80. The number of nitrogens with zero attached hydrogens (tertiary/aromatic N) is 3. The number of carbonyl (C=O) groups excluding carboxylic acids is 1. The van der Waals surface area contributed by atoms with E-state index in [1.807, 2.05) is 0 Å². The first-order chi connectivity index (χ1) is 7.86. The van der Waals surface area contributed by atoms with E-state index in [9.17, 15) is 4.79 Å². The SMILES string of the molecule is O=C(NCCCc1ncc[nH]1)c1csnn1. The first-order valence-corrected chi connectivity index (χ1v) is 5.73. The Kier molecular flexibility index (Phi) is 3.60. The van der Waals surface area contributed by atoms with Crippen LogP contribution in [0.2, 0.25) is 0 Å². The van der Waals surface area contributed by atoms with Crippen molar-refractivity contribution >= 4 is 17.4 Å². The van der Waals surface area contributed by atoms with E-state index >= 15 is 0 Å². The molecule has 0 spiro atoms. The number of aryl methyl sites for hydroxylation is 1. The Labute approximate surface area is 96.3 Å². The number of imidazole rings is 1. The normalized spacial score (nSPS) is 10.2. The molecule has 6 nitrogen and oxygen atoms in total. The molecule has 0 aromatic carbocycles. The molecular weight excluding hydrogens is 226 g/mol. The predicted molar refractivity (Wildman–Crippen MR) is 59.2 cm³/mol. The summed E-state index contributed by atoms with van der Waals surface area (Å²) in [6, 6.07) is 0. The minimum Gasteiger partial charge on any atom is -0.351 e. The lowest BCUT2D eigenvalue weighted by molar-refractivity contribution is 0.0948. The van der Waals surface area contributed by atoms with Gasteiger partial charge in [-0.15, -0.1) is 5.10 Å². The summed E-state index contributed by atoms with van der Waals surface area (Å²) >= 11 is 1.17. The first-order valence-electron chi connectivity index (χ1n) is 4.90. The van der Waals surface area contributed by atoms with Gasteiger partial charge in [0, 0.05) is 30.7 Å². The molecule has 84 valence electrons. The number of aromatic amines is 1. The molecule has 2 aromatic rings. The molecule has 0 unspecified atom stereocenters. The highest BCUT2D eigenvalue weighted by Gasteiger charge is 2.07. The van der Waals surface area contributed by atoms with Gasteiger partial charge in [0.05, 0.1) is 0 Å². The van der Waals surface area contributed by atoms with E-state index in [0.717, 1.165) is 18.7 Å². The summed E-state index contributed by atoms with van der Waals surface area (Å²) in [6.07, 6.45) is 5.17. The van der Waals surface area contributed by atoms with Crippen LogP contribution in [0.25, 0.3) is 0 Å². The molecule has 2 heterocycles. The van der Waals surface area contributed by atoms with Crippen LogP contribution in [-0.2, 0) is 6.42 Å². The minimum absolute atomic E-state index is 0.173. The second kappa shape index (κ2) is 5.36. The molecule has 0 aliphatic rings. The Bertz CT molecular complexity index is 425. The summed E-state index contributed by atoms with van der Waals surface area (Å²) in [5.41, 5.74) is 0.378. The van der Waals surface area contributed by atoms with Gasteiger partial charge in [-0.05, 0) is 18.0 Å². The Morgan fingerprint density at radius 2 is 2.50 bits per heavy atom. The number of hydrogen-bond acceptors (Lipinski definition) is 5. The molecule has 2 N–H and O–H groups in total. The molecule has 1 amide bonds. The Morgan fingerprint density at radius 3 is 3.19 bits per heavy atom. The maximum atomic E-state index is 11.4. The van der Waals surface area contributed by atoms with E-state index in [2.05, 4.69) is 24.9 Å². The molecule has 0 atom stereocenters. The summed E-state index contributed by atoms with van der Waals surface area (Å²) in [6.45, 7) is 0.608. The van der Waals surface area contributed by atoms with Crippen molar-refractivity contribution in [2.24, 2.45) is 0 Å². The van der Waals surface area contributed by atoms with Crippen LogP contribution in [0.5, 0.6) is 0 Å². The highest BCUT2D eigenvalue weighted by Crippen LogP contribution is 1.97. The van der Waals surface area contributed by atoms with Gasteiger partial charge in [-0.2, -0.15) is 0 Å². The standard InChI is InChI=1S/C9H11N5OS/c15-9(7-6-16-14-13-7)12-3-1-2-8-10-4-5-11-8/h4-6H,1-3H2,(H,10,11)(H,12,15). The van der Waals surface area contributed by atoms with Crippen molar-refractivity contribution in [1.82, 2.24) is 24.9 Å². The van der Waals surface area contributed by atoms with Crippen LogP contribution in [-0.4, -0.2) is 32.0 Å². The molecule has 0 aliphatic heterocycles. The van der Waals surface area contributed by atoms with Crippen molar-refractivity contribution in [3.05, 3.63) is 29.3 Å². The molecule has 0 radical (unpaired) electrons. The third-order valence-electron chi connectivity index (χ3n) is 2.02. The van der Waals surface area contributed by atoms with E-state index in [0.29, 0.717) is 12.2 Å². The van der Waals surface area contributed by atoms with Crippen molar-refractivity contribution in [1.29, 1.82) is 0 Å². The van der Waals surface area contributed by atoms with Gasteiger partial charge in [-0.25, -0.2) is 4.98 Å². The van der Waals surface area contributed by atoms with Crippen molar-refractivity contribution in [3.8, 4) is 0 Å². The maximum Gasteiger partial charge on any atom is 0.272 e. The van der Waals surface area contributed by atoms with Gasteiger partial charge in [0.15, 0.2) is 5.69 Å². The summed E-state index contributed by atoms with van der Waals surface area (Å²) < 4.78 is 3.63. The van der Waals surface area contributed by atoms with Crippen LogP contribution in [0.4, 0.5) is 0 Å². The van der Waals surface area contributed by atoms with E-state index in [1.54, 1.807) is 17.8 Å². The fourth-order valence-electron chi connectivity index (χ4n) is 1.25. The lowest BCUT2D eigenvalue weighted by Crippen LogP contribution is -2.25. The molecule has 0 bridgehead atoms. The largest absolute Gasteiger partial charge is 0.351 e. The van der Waals surface area contributed by atoms with Gasteiger partial charge in [0.25, 0.3) is 5.91 Å². The van der Waals surface area contributed by atoms with Gasteiger partial charge >= 0.3 is 0 Å². The molecule has 16 heavy (non-hydrogen) atoms. The average Bonchev–Trinajstić information content (AvgIpc) is 2.96. The maximum absolute atomic E-state index is 11.4. The molecule has 0 fully saturated rings. The number of carbonyl (C=O) groups is 1. The highest BCUT2D eigenvalue weighted by atomic mass is 32.1. The number of rotatable bonds is 5. The van der Waals surface area contributed by atoms with Crippen LogP contribution in [0.15, 0.2) is 17.8 Å². The summed E-state index contributed by atoms with van der Waals surface area (Å²) in [4.78, 5) is 18.5. The lowest BCUT2D eigenvalue weighted by atomic mass is 10.3. The van der Waals surface area contributed by atoms with Gasteiger partial charge in [-0.3, -0.25) is 4.79 Å². The topological polar surface area (TPSA) is 83.6 Å². The average molecular weight is 237 g/mol. The van der Waals surface area contributed by atoms with Crippen molar-refractivity contribution < 1.29 is 4.79 Å². The molecule has 2 aromatic heterocycles. The van der Waals surface area contributed by atoms with Crippen LogP contribution in [0.1, 0.15) is 22.7 Å². The highest BCUT2D eigenvalue weighted by molar-refractivity contribution is 7.03. The Morgan fingerprint density at radius 1 is 1.56 bits per heavy atom. The Balaban J connectivity index is 1.67. The first kappa shape index (κ1) is 10.7. The molecule has 0 saturated heterocycles. The Hall–Kier alpha value is -1.76. The van der Waals surface area contributed by atoms with E-state index in [4.69, 9.17) is 0 Å². The number of nitrogens with one attached hydrogen (secondary N) is 2. The summed E-state index contributed by atoms with van der Waals surface area (Å²) in [5.74, 6) is 0.762. The molecule has 2 rings (SSSR count). The van der Waals surface area contributed by atoms with E-state index in [1.165, 1.54) is 11.5 Å². The smallest absolute Gasteiger partial charge is 0.272 e. The zero-order chi connectivity index (χ0) is 11.2. The van der Waals surface area contributed by atoms with Gasteiger partial charge in [-0.1, -0.05) is 4.49 Å². The van der Waals surface area contributed by atoms with Crippen molar-refractivity contribution in [2.75, 3.05) is 6.54 Å². The van der Waals surface area contributed by atoms with Gasteiger partial charge in [0.2, 0.25) is 0 Å². The third-order valence-corrected chi connectivity index (χ3v) is 2.53. The van der Waals surface area contributed by atoms with Gasteiger partial charge in [0.1, 0.15) is 5.82 Å².